The molecule has 1 amide bonds. The molecule has 128 valence electrons. The van der Waals surface area contributed by atoms with Crippen LogP contribution in [0.5, 0.6) is 5.75 Å². The number of nitrogens with zero attached hydrogens (tertiary/aromatic N) is 1. The number of carbonyl (C=O) groups excluding carboxylic acids is 2. The number of hydrogen-bond acceptors (Lipinski definition) is 6. The van der Waals surface area contributed by atoms with E-state index in [9.17, 15) is 9.59 Å². The molecule has 0 aromatic heterocycles. The molecule has 0 bridgehead atoms. The second kappa shape index (κ2) is 6.78. The van der Waals surface area contributed by atoms with Gasteiger partial charge in [-0.15, -0.1) is 4.33 Å². The van der Waals surface area contributed by atoms with Crippen LogP contribution in [0.2, 0.25) is 0 Å². The number of likely N-dealkylation sites (tertiary alicyclic amines) is 1. The second-order valence-electron chi connectivity index (χ2n) is 5.78. The first kappa shape index (κ1) is 16.0. The lowest BCUT2D eigenvalue weighted by Crippen LogP contribution is -2.55. The maximum atomic E-state index is 12.7. The van der Waals surface area contributed by atoms with Crippen molar-refractivity contribution in [3.8, 4) is 5.75 Å². The minimum absolute atomic E-state index is 0.189. The molecular weight excluding hydrogens is 342 g/mol. The second-order valence-corrected chi connectivity index (χ2v) is 6.62. The Labute approximate surface area is 148 Å². The molecular formula is C18H15NO5S. The fourth-order valence-electron chi connectivity index (χ4n) is 2.93. The Morgan fingerprint density at radius 3 is 2.36 bits per heavy atom. The number of amides is 1. The minimum Gasteiger partial charge on any atom is -0.456 e. The summed E-state index contributed by atoms with van der Waals surface area (Å²) in [6.45, 7) is 0.368. The summed E-state index contributed by atoms with van der Waals surface area (Å²) in [5.74, 6) is -0.0311. The van der Waals surface area contributed by atoms with E-state index in [1.165, 1.54) is 0 Å². The highest BCUT2D eigenvalue weighted by atomic mass is 32.2. The highest BCUT2D eigenvalue weighted by Gasteiger charge is 2.61. The minimum atomic E-state index is -0.630. The molecule has 2 unspecified atom stereocenters. The van der Waals surface area contributed by atoms with Crippen LogP contribution in [0.4, 0.5) is 0 Å². The smallest absolute Gasteiger partial charge is 0.333 e. The van der Waals surface area contributed by atoms with E-state index in [1.807, 2.05) is 48.5 Å². The number of hydrogen-bond donors (Lipinski definition) is 0. The van der Waals surface area contributed by atoms with Crippen LogP contribution in [0.25, 0.3) is 0 Å². The molecule has 0 aliphatic carbocycles. The topological polar surface area (TPSA) is 65.1 Å². The van der Waals surface area contributed by atoms with Crippen LogP contribution in [0.15, 0.2) is 60.7 Å². The van der Waals surface area contributed by atoms with Gasteiger partial charge in [0.2, 0.25) is 5.91 Å². The summed E-state index contributed by atoms with van der Waals surface area (Å²) in [6.07, 6.45) is -0.506. The lowest BCUT2D eigenvalue weighted by Gasteiger charge is -2.34. The van der Waals surface area contributed by atoms with Crippen LogP contribution >= 0.6 is 12.0 Å². The van der Waals surface area contributed by atoms with Crippen molar-refractivity contribution < 1.29 is 23.5 Å². The Balaban J connectivity index is 1.41. The van der Waals surface area contributed by atoms with E-state index in [0.29, 0.717) is 12.3 Å². The first-order chi connectivity index (χ1) is 12.2. The Kier molecular flexibility index (Phi) is 4.33. The zero-order valence-corrected chi connectivity index (χ0v) is 13.9. The van der Waals surface area contributed by atoms with Gasteiger partial charge in [-0.05, 0) is 17.7 Å². The number of esters is 1. The van der Waals surface area contributed by atoms with E-state index in [4.69, 9.17) is 14.0 Å². The summed E-state index contributed by atoms with van der Waals surface area (Å²) in [6, 6.07) is 18.0. The third kappa shape index (κ3) is 3.08. The predicted octanol–water partition coefficient (Wildman–Crippen LogP) is 2.35. The summed E-state index contributed by atoms with van der Waals surface area (Å²) >= 11 is 0.876. The van der Waals surface area contributed by atoms with Crippen LogP contribution in [-0.4, -0.2) is 34.2 Å². The number of fused-ring (bicyclic) bond motifs is 1. The quantitative estimate of drug-likeness (QED) is 0.342. The molecule has 25 heavy (non-hydrogen) atoms. The fraction of sp³-hybridized carbons (Fsp3) is 0.222. The molecule has 3 atom stereocenters. The Hall–Kier alpha value is -2.51. The van der Waals surface area contributed by atoms with E-state index >= 15 is 0 Å². The van der Waals surface area contributed by atoms with Crippen molar-refractivity contribution in [3.05, 3.63) is 66.2 Å². The summed E-state index contributed by atoms with van der Waals surface area (Å²) in [4.78, 5) is 31.2. The van der Waals surface area contributed by atoms with Crippen molar-refractivity contribution in [2.24, 2.45) is 0 Å². The zero-order chi connectivity index (χ0) is 17.2. The monoisotopic (exact) mass is 357 g/mol. The van der Waals surface area contributed by atoms with Crippen molar-refractivity contribution in [3.63, 3.8) is 0 Å². The van der Waals surface area contributed by atoms with Crippen molar-refractivity contribution in [2.45, 2.75) is 23.9 Å². The zero-order valence-electron chi connectivity index (χ0n) is 13.1. The van der Waals surface area contributed by atoms with Gasteiger partial charge in [-0.1, -0.05) is 48.5 Å². The highest BCUT2D eigenvalue weighted by Crippen LogP contribution is 2.39. The van der Waals surface area contributed by atoms with Gasteiger partial charge in [0.1, 0.15) is 0 Å². The van der Waals surface area contributed by atoms with Gasteiger partial charge in [0, 0.05) is 6.54 Å². The molecule has 0 spiro atoms. The lowest BCUT2D eigenvalue weighted by atomic mass is 10.1. The molecule has 2 aromatic rings. The summed E-state index contributed by atoms with van der Waals surface area (Å²) in [5.41, 5.74) is 0.960. The normalized spacial score (nSPS) is 24.5. The average molecular weight is 357 g/mol. The summed E-state index contributed by atoms with van der Waals surface area (Å²) in [7, 11) is 0. The van der Waals surface area contributed by atoms with Crippen LogP contribution in [-0.2, 0) is 25.2 Å². The SMILES string of the molecule is O=C1OC2C1N(Cc1ccccc1)C(=O)[C@@H]2SOOc1ccccc1. The number of rotatable bonds is 6. The first-order valence-corrected chi connectivity index (χ1v) is 8.64. The maximum Gasteiger partial charge on any atom is 0.333 e. The summed E-state index contributed by atoms with van der Waals surface area (Å²) < 4.78 is 10.3. The lowest BCUT2D eigenvalue weighted by molar-refractivity contribution is -0.179. The van der Waals surface area contributed by atoms with Crippen molar-refractivity contribution in [1.82, 2.24) is 4.90 Å². The van der Waals surface area contributed by atoms with Crippen molar-refractivity contribution in [2.75, 3.05) is 0 Å². The molecule has 2 saturated heterocycles. The molecule has 2 aliphatic heterocycles. The van der Waals surface area contributed by atoms with E-state index in [1.54, 1.807) is 17.0 Å². The van der Waals surface area contributed by atoms with Gasteiger partial charge in [-0.25, -0.2) is 4.79 Å². The van der Waals surface area contributed by atoms with Crippen LogP contribution < -0.4 is 4.89 Å². The largest absolute Gasteiger partial charge is 0.456 e. The van der Waals surface area contributed by atoms with Gasteiger partial charge in [0.05, 0.1) is 12.0 Å². The number of carbonyl (C=O) groups is 2. The number of ether oxygens (including phenoxy) is 1. The molecule has 4 rings (SSSR count). The van der Waals surface area contributed by atoms with Crippen molar-refractivity contribution >= 4 is 23.9 Å². The Bertz CT molecular complexity index is 770. The third-order valence-corrected chi connectivity index (χ3v) is 5.00. The summed E-state index contributed by atoms with van der Waals surface area (Å²) in [5, 5.41) is -0.630. The Morgan fingerprint density at radius 1 is 1.00 bits per heavy atom. The van der Waals surface area contributed by atoms with Crippen LogP contribution in [0, 0.1) is 0 Å². The average Bonchev–Trinajstić information content (AvgIpc) is 2.84. The van der Waals surface area contributed by atoms with Gasteiger partial charge in [0.25, 0.3) is 0 Å². The molecule has 7 heteroatoms. The third-order valence-electron chi connectivity index (χ3n) is 4.18. The molecule has 2 aromatic carbocycles. The van der Waals surface area contributed by atoms with Gasteiger partial charge >= 0.3 is 5.97 Å². The van der Waals surface area contributed by atoms with Crippen molar-refractivity contribution in [1.29, 1.82) is 0 Å². The van der Waals surface area contributed by atoms with E-state index in [0.717, 1.165) is 17.6 Å². The molecule has 0 saturated carbocycles. The standard InChI is InChI=1S/C18H15NO5S/c20-17-16(25-24-23-13-9-5-2-6-10-13)15-14(18(21)22-15)19(17)11-12-7-3-1-4-8-12/h1-10,14-16H,11H2/t14?,15?,16-/m1/s1. The fourth-order valence-corrected chi connectivity index (χ4v) is 3.67. The van der Waals surface area contributed by atoms with Crippen LogP contribution in [0.1, 0.15) is 5.56 Å². The maximum absolute atomic E-state index is 12.7. The highest BCUT2D eigenvalue weighted by molar-refractivity contribution is 7.96. The van der Waals surface area contributed by atoms with Gasteiger partial charge in [-0.2, -0.15) is 0 Å². The first-order valence-electron chi connectivity index (χ1n) is 7.84. The van der Waals surface area contributed by atoms with Gasteiger partial charge in [0.15, 0.2) is 23.1 Å². The van der Waals surface area contributed by atoms with Crippen LogP contribution in [0.3, 0.4) is 0 Å². The number of para-hydroxylation sites is 1. The molecule has 0 N–H and O–H groups in total. The molecule has 2 aliphatic rings. The Morgan fingerprint density at radius 2 is 1.68 bits per heavy atom. The van der Waals surface area contributed by atoms with Gasteiger partial charge in [-0.3, -0.25) is 4.79 Å². The van der Waals surface area contributed by atoms with E-state index in [2.05, 4.69) is 0 Å². The van der Waals surface area contributed by atoms with Gasteiger partial charge < -0.3 is 14.5 Å². The van der Waals surface area contributed by atoms with E-state index in [-0.39, 0.29) is 11.9 Å². The number of benzene rings is 2. The molecule has 2 heterocycles. The molecule has 0 radical (unpaired) electrons. The predicted molar refractivity (Wildman–Crippen MR) is 90.2 cm³/mol. The molecule has 6 nitrogen and oxygen atoms in total. The molecule has 2 fully saturated rings. The van der Waals surface area contributed by atoms with E-state index < -0.39 is 17.4 Å².